The van der Waals surface area contributed by atoms with E-state index in [0.717, 1.165) is 51.9 Å². The summed E-state index contributed by atoms with van der Waals surface area (Å²) in [5.41, 5.74) is 0.375. The highest BCUT2D eigenvalue weighted by Gasteiger charge is 2.45. The highest BCUT2D eigenvalue weighted by molar-refractivity contribution is 6.36. The lowest BCUT2D eigenvalue weighted by molar-refractivity contribution is -0.125. The Morgan fingerprint density at radius 3 is 2.71 bits per heavy atom. The number of likely N-dealkylation sites (N-methyl/N-ethyl adjacent to an activating group) is 1. The molecule has 1 unspecified atom stereocenters. The normalized spacial score (nSPS) is 20.9. The van der Waals surface area contributed by atoms with Gasteiger partial charge in [0.15, 0.2) is 5.82 Å². The number of amides is 1. The van der Waals surface area contributed by atoms with Gasteiger partial charge in [0.2, 0.25) is 5.91 Å². The quantitative estimate of drug-likeness (QED) is 0.202. The van der Waals surface area contributed by atoms with Crippen molar-refractivity contribution in [3.05, 3.63) is 65.3 Å². The van der Waals surface area contributed by atoms with E-state index in [4.69, 9.17) is 26.1 Å². The number of carbonyl (C=O) groups is 1. The van der Waals surface area contributed by atoms with Crippen molar-refractivity contribution >= 4 is 45.0 Å². The van der Waals surface area contributed by atoms with E-state index in [0.29, 0.717) is 73.4 Å². The molecular formula is C38H42ClF2N7O3. The van der Waals surface area contributed by atoms with Gasteiger partial charge in [0.05, 0.1) is 29.2 Å². The van der Waals surface area contributed by atoms with Gasteiger partial charge in [-0.3, -0.25) is 19.6 Å². The van der Waals surface area contributed by atoms with Gasteiger partial charge in [0.1, 0.15) is 29.5 Å². The molecule has 268 valence electrons. The third-order valence-electron chi connectivity index (χ3n) is 11.2. The summed E-state index contributed by atoms with van der Waals surface area (Å²) in [5, 5.41) is 1.37. The molecule has 0 radical (unpaired) electrons. The molecule has 51 heavy (non-hydrogen) atoms. The second-order valence-corrected chi connectivity index (χ2v) is 14.5. The van der Waals surface area contributed by atoms with Crippen LogP contribution in [0.5, 0.6) is 6.01 Å². The predicted octanol–water partition coefficient (Wildman–Crippen LogP) is 5.71. The van der Waals surface area contributed by atoms with Gasteiger partial charge in [-0.25, -0.2) is 8.78 Å². The lowest BCUT2D eigenvalue weighted by Crippen LogP contribution is -2.43. The highest BCUT2D eigenvalue weighted by Crippen LogP contribution is 2.41. The summed E-state index contributed by atoms with van der Waals surface area (Å²) in [4.78, 5) is 35.8. The first-order chi connectivity index (χ1) is 24.8. The maximum Gasteiger partial charge on any atom is 0.319 e. The Morgan fingerprint density at radius 1 is 1.10 bits per heavy atom. The van der Waals surface area contributed by atoms with E-state index in [1.165, 1.54) is 6.07 Å². The number of nitrogens with zero attached hydrogens (tertiary/aromatic N) is 7. The fourth-order valence-corrected chi connectivity index (χ4v) is 8.61. The molecule has 1 atom stereocenters. The number of hydrogen-bond acceptors (Lipinski definition) is 9. The molecule has 8 rings (SSSR count). The van der Waals surface area contributed by atoms with Gasteiger partial charge in [0.25, 0.3) is 0 Å². The molecule has 2 aromatic carbocycles. The topological polar surface area (TPSA) is 87.2 Å². The number of hydrogen-bond donors (Lipinski definition) is 0. The Morgan fingerprint density at radius 2 is 1.90 bits per heavy atom. The average molecular weight is 718 g/mol. The number of benzene rings is 2. The summed E-state index contributed by atoms with van der Waals surface area (Å²) in [6.45, 7) is 7.45. The molecule has 0 spiro atoms. The Bertz CT molecular complexity index is 1980. The highest BCUT2D eigenvalue weighted by atomic mass is 35.5. The molecule has 4 aliphatic heterocycles. The minimum absolute atomic E-state index is 0.0108. The Hall–Kier alpha value is -3.97. The molecule has 10 nitrogen and oxygen atoms in total. The molecule has 4 aromatic rings. The second kappa shape index (κ2) is 14.2. The lowest BCUT2D eigenvalue weighted by Gasteiger charge is -2.31. The zero-order valence-corrected chi connectivity index (χ0v) is 29.5. The minimum Gasteiger partial charge on any atom is -0.461 e. The van der Waals surface area contributed by atoms with E-state index in [2.05, 4.69) is 19.8 Å². The van der Waals surface area contributed by atoms with Crippen molar-refractivity contribution in [2.45, 2.75) is 43.7 Å². The Balaban J connectivity index is 1.11. The molecular weight excluding hydrogens is 676 g/mol. The van der Waals surface area contributed by atoms with Crippen LogP contribution in [0.25, 0.3) is 32.9 Å². The fraction of sp³-hybridized carbons (Fsp3) is 0.474. The third-order valence-corrected chi connectivity index (χ3v) is 11.6. The standard InChI is InChI=1S/C38H42ClF2N7O3/c1-45(26-11-17-47(23-26)30(49)8-3-14-46-18-20-50-21-19-46)36-28-22-42-34(27-7-2-6-25-9-10-29(40)32(39)31(25)27)33(41)35(28)43-37(44-36)51-24-38-12-4-15-48(38)16-5-13-38/h2-3,6-10,22,26H,4-5,11-21,23-24H2,1H3/b8-3+. The van der Waals surface area contributed by atoms with Crippen LogP contribution in [0.1, 0.15) is 32.1 Å². The summed E-state index contributed by atoms with van der Waals surface area (Å²) < 4.78 is 43.3. The van der Waals surface area contributed by atoms with E-state index < -0.39 is 11.6 Å². The number of halogens is 3. The van der Waals surface area contributed by atoms with E-state index in [-0.39, 0.29) is 39.7 Å². The van der Waals surface area contributed by atoms with Gasteiger partial charge in [0, 0.05) is 69.0 Å². The van der Waals surface area contributed by atoms with Crippen LogP contribution < -0.4 is 9.64 Å². The van der Waals surface area contributed by atoms with Gasteiger partial charge in [-0.15, -0.1) is 0 Å². The van der Waals surface area contributed by atoms with Crippen molar-refractivity contribution in [3.8, 4) is 17.3 Å². The molecule has 4 saturated heterocycles. The largest absolute Gasteiger partial charge is 0.461 e. The van der Waals surface area contributed by atoms with Crippen molar-refractivity contribution in [2.75, 3.05) is 77.6 Å². The van der Waals surface area contributed by atoms with Gasteiger partial charge in [-0.1, -0.05) is 41.9 Å². The van der Waals surface area contributed by atoms with Crippen molar-refractivity contribution in [1.82, 2.24) is 29.7 Å². The number of pyridine rings is 1. The van der Waals surface area contributed by atoms with E-state index >= 15 is 4.39 Å². The van der Waals surface area contributed by atoms with Crippen LogP contribution in [0.15, 0.2) is 48.7 Å². The third kappa shape index (κ3) is 6.52. The number of carbonyl (C=O) groups excluding carboxylic acids is 1. The molecule has 4 aliphatic rings. The molecule has 0 saturated carbocycles. The predicted molar refractivity (Wildman–Crippen MR) is 193 cm³/mol. The number of aromatic nitrogens is 3. The summed E-state index contributed by atoms with van der Waals surface area (Å²) in [5.74, 6) is -0.819. The van der Waals surface area contributed by atoms with Crippen LogP contribution in [-0.2, 0) is 9.53 Å². The zero-order chi connectivity index (χ0) is 35.1. The number of ether oxygens (including phenoxy) is 2. The summed E-state index contributed by atoms with van der Waals surface area (Å²) >= 11 is 6.44. The molecule has 6 heterocycles. The maximum absolute atomic E-state index is 16.8. The van der Waals surface area contributed by atoms with Crippen LogP contribution in [0.4, 0.5) is 14.6 Å². The fourth-order valence-electron chi connectivity index (χ4n) is 8.33. The Kier molecular flexibility index (Phi) is 9.51. The summed E-state index contributed by atoms with van der Waals surface area (Å²) in [7, 11) is 1.91. The number of likely N-dealkylation sites (tertiary alicyclic amines) is 1. The van der Waals surface area contributed by atoms with Crippen LogP contribution in [0, 0.1) is 11.6 Å². The monoisotopic (exact) mass is 717 g/mol. The molecule has 0 bridgehead atoms. The molecule has 4 fully saturated rings. The molecule has 1 amide bonds. The van der Waals surface area contributed by atoms with Crippen LogP contribution >= 0.6 is 11.6 Å². The molecule has 0 N–H and O–H groups in total. The first-order valence-electron chi connectivity index (χ1n) is 17.9. The lowest BCUT2D eigenvalue weighted by atomic mass is 9.95. The van der Waals surface area contributed by atoms with Crippen LogP contribution in [-0.4, -0.2) is 120 Å². The number of anilines is 1. The number of fused-ring (bicyclic) bond motifs is 3. The maximum atomic E-state index is 16.8. The summed E-state index contributed by atoms with van der Waals surface area (Å²) in [6, 6.07) is 8.18. The number of rotatable bonds is 9. The minimum atomic E-state index is -0.669. The SMILES string of the molecule is CN(c1nc(OCC23CCCN2CCC3)nc2c(F)c(-c3cccc4ccc(F)c(Cl)c34)ncc12)C1CCN(C(=O)/C=C/CN2CCOCC2)C1. The first-order valence-corrected chi connectivity index (χ1v) is 18.3. The summed E-state index contributed by atoms with van der Waals surface area (Å²) in [6.07, 6.45) is 10.2. The van der Waals surface area contributed by atoms with E-state index in [1.807, 2.05) is 22.9 Å². The van der Waals surface area contributed by atoms with Crippen molar-refractivity contribution in [1.29, 1.82) is 0 Å². The van der Waals surface area contributed by atoms with Gasteiger partial charge in [-0.05, 0) is 56.6 Å². The van der Waals surface area contributed by atoms with Gasteiger partial charge >= 0.3 is 6.01 Å². The average Bonchev–Trinajstić information content (AvgIpc) is 3.90. The number of morpholine rings is 1. The van der Waals surface area contributed by atoms with Crippen molar-refractivity contribution in [2.24, 2.45) is 0 Å². The smallest absolute Gasteiger partial charge is 0.319 e. The van der Waals surface area contributed by atoms with Crippen molar-refractivity contribution in [3.63, 3.8) is 0 Å². The van der Waals surface area contributed by atoms with E-state index in [9.17, 15) is 9.18 Å². The molecule has 13 heteroatoms. The van der Waals surface area contributed by atoms with Gasteiger partial charge < -0.3 is 19.3 Å². The Labute approximate surface area is 301 Å². The second-order valence-electron chi connectivity index (χ2n) is 14.1. The van der Waals surface area contributed by atoms with Crippen LogP contribution in [0.3, 0.4) is 0 Å². The van der Waals surface area contributed by atoms with Crippen molar-refractivity contribution < 1.29 is 23.0 Å². The van der Waals surface area contributed by atoms with Gasteiger partial charge in [-0.2, -0.15) is 9.97 Å². The first kappa shape index (κ1) is 34.1. The molecule has 2 aromatic heterocycles. The van der Waals surface area contributed by atoms with Crippen LogP contribution in [0.2, 0.25) is 5.02 Å². The zero-order valence-electron chi connectivity index (χ0n) is 28.8. The van der Waals surface area contributed by atoms with E-state index in [1.54, 1.807) is 36.5 Å². The molecule has 0 aliphatic carbocycles.